The number of hydrogen-bond donors (Lipinski definition) is 1. The average molecular weight is 273 g/mol. The van der Waals surface area contributed by atoms with Crippen molar-refractivity contribution < 1.29 is 0 Å². The van der Waals surface area contributed by atoms with E-state index in [-0.39, 0.29) is 0 Å². The molecule has 0 bridgehead atoms. The van der Waals surface area contributed by atoms with Crippen LogP contribution in [-0.4, -0.2) is 62.7 Å². The molecule has 1 saturated carbocycles. The molecule has 3 nitrogen and oxygen atoms in total. The molecular formula is C17H27N3. The number of nitrogens with one attached hydrogen (secondary N) is 1. The van der Waals surface area contributed by atoms with Gasteiger partial charge in [0.25, 0.3) is 0 Å². The van der Waals surface area contributed by atoms with Crippen molar-refractivity contribution in [3.63, 3.8) is 0 Å². The Morgan fingerprint density at radius 3 is 2.60 bits per heavy atom. The van der Waals surface area contributed by atoms with Crippen LogP contribution in [0, 0.1) is 5.92 Å². The van der Waals surface area contributed by atoms with Crippen molar-refractivity contribution >= 4 is 0 Å². The molecule has 0 radical (unpaired) electrons. The Morgan fingerprint density at radius 1 is 1.15 bits per heavy atom. The van der Waals surface area contributed by atoms with Crippen molar-refractivity contribution in [2.45, 2.75) is 24.4 Å². The first-order chi connectivity index (χ1) is 9.70. The molecule has 1 aromatic rings. The van der Waals surface area contributed by atoms with E-state index < -0.39 is 0 Å². The Bertz CT molecular complexity index is 433. The number of hydrogen-bond acceptors (Lipinski definition) is 3. The summed E-state index contributed by atoms with van der Waals surface area (Å²) in [7, 11) is 6.66. The standard InChI is InChI=1S/C17H27N3/c1-18-17(16-12-19(2)9-10-20(16)3)15-11-14(15)13-7-5-4-6-8-13/h4-8,14-18H,9-12H2,1-3H3. The van der Waals surface area contributed by atoms with Gasteiger partial charge in [0.2, 0.25) is 0 Å². The lowest BCUT2D eigenvalue weighted by Crippen LogP contribution is -2.59. The number of rotatable bonds is 4. The van der Waals surface area contributed by atoms with Crippen LogP contribution < -0.4 is 5.32 Å². The second-order valence-electron chi connectivity index (χ2n) is 6.54. The summed E-state index contributed by atoms with van der Waals surface area (Å²) in [6.07, 6.45) is 1.34. The summed E-state index contributed by atoms with van der Waals surface area (Å²) < 4.78 is 0. The molecule has 1 N–H and O–H groups in total. The van der Waals surface area contributed by atoms with E-state index in [0.717, 1.165) is 11.8 Å². The monoisotopic (exact) mass is 273 g/mol. The molecule has 1 aliphatic heterocycles. The molecule has 1 heterocycles. The third-order valence-corrected chi connectivity index (χ3v) is 5.18. The molecule has 1 aromatic carbocycles. The Morgan fingerprint density at radius 2 is 1.90 bits per heavy atom. The summed E-state index contributed by atoms with van der Waals surface area (Å²) in [5.41, 5.74) is 1.52. The van der Waals surface area contributed by atoms with Crippen molar-refractivity contribution in [2.75, 3.05) is 40.8 Å². The zero-order valence-corrected chi connectivity index (χ0v) is 12.9. The number of likely N-dealkylation sites (N-methyl/N-ethyl adjacent to an activating group) is 3. The molecule has 3 heteroatoms. The van der Waals surface area contributed by atoms with Gasteiger partial charge in [-0.25, -0.2) is 0 Å². The van der Waals surface area contributed by atoms with Crippen LogP contribution >= 0.6 is 0 Å². The Hall–Kier alpha value is -0.900. The van der Waals surface area contributed by atoms with Crippen LogP contribution in [0.4, 0.5) is 0 Å². The van der Waals surface area contributed by atoms with E-state index in [4.69, 9.17) is 0 Å². The largest absolute Gasteiger partial charge is 0.315 e. The van der Waals surface area contributed by atoms with Crippen molar-refractivity contribution in [1.29, 1.82) is 0 Å². The highest BCUT2D eigenvalue weighted by molar-refractivity contribution is 5.27. The summed E-state index contributed by atoms with van der Waals surface area (Å²) in [6.45, 7) is 3.55. The quantitative estimate of drug-likeness (QED) is 0.899. The second-order valence-corrected chi connectivity index (χ2v) is 6.54. The molecule has 3 rings (SSSR count). The first-order valence-electron chi connectivity index (χ1n) is 7.81. The molecule has 2 aliphatic rings. The van der Waals surface area contributed by atoms with Crippen LogP contribution in [0.2, 0.25) is 0 Å². The minimum atomic E-state index is 0.605. The van der Waals surface area contributed by atoms with Gasteiger partial charge in [-0.05, 0) is 45.0 Å². The summed E-state index contributed by atoms with van der Waals surface area (Å²) in [4.78, 5) is 5.01. The fourth-order valence-electron chi connectivity index (χ4n) is 3.82. The van der Waals surface area contributed by atoms with Crippen molar-refractivity contribution in [2.24, 2.45) is 5.92 Å². The fraction of sp³-hybridized carbons (Fsp3) is 0.647. The van der Waals surface area contributed by atoms with Gasteiger partial charge >= 0.3 is 0 Å². The van der Waals surface area contributed by atoms with E-state index in [0.29, 0.717) is 12.1 Å². The molecule has 2 fully saturated rings. The molecule has 20 heavy (non-hydrogen) atoms. The van der Waals surface area contributed by atoms with Crippen molar-refractivity contribution in [3.05, 3.63) is 35.9 Å². The lowest BCUT2D eigenvalue weighted by molar-refractivity contribution is 0.0833. The van der Waals surface area contributed by atoms with Gasteiger partial charge in [0, 0.05) is 31.7 Å². The number of piperazine rings is 1. The highest BCUT2D eigenvalue weighted by Crippen LogP contribution is 2.50. The topological polar surface area (TPSA) is 18.5 Å². The summed E-state index contributed by atoms with van der Waals surface area (Å²) in [5.74, 6) is 1.55. The predicted octanol–water partition coefficient (Wildman–Crippen LogP) is 1.62. The first kappa shape index (κ1) is 14.1. The molecule has 4 atom stereocenters. The predicted molar refractivity (Wildman–Crippen MR) is 84.1 cm³/mol. The van der Waals surface area contributed by atoms with Gasteiger partial charge in [-0.15, -0.1) is 0 Å². The highest BCUT2D eigenvalue weighted by atomic mass is 15.3. The zero-order valence-electron chi connectivity index (χ0n) is 12.9. The average Bonchev–Trinajstić information content (AvgIpc) is 3.25. The lowest BCUT2D eigenvalue weighted by Gasteiger charge is -2.42. The second kappa shape index (κ2) is 5.84. The van der Waals surface area contributed by atoms with E-state index in [1.807, 2.05) is 0 Å². The van der Waals surface area contributed by atoms with Crippen molar-refractivity contribution in [1.82, 2.24) is 15.1 Å². The zero-order chi connectivity index (χ0) is 14.1. The minimum absolute atomic E-state index is 0.605. The minimum Gasteiger partial charge on any atom is -0.315 e. The van der Waals surface area contributed by atoms with Crippen LogP contribution in [-0.2, 0) is 0 Å². The first-order valence-corrected chi connectivity index (χ1v) is 7.81. The Labute approximate surface area is 123 Å². The van der Waals surface area contributed by atoms with Gasteiger partial charge in [0.05, 0.1) is 0 Å². The normalized spacial score (nSPS) is 33.0. The van der Waals surface area contributed by atoms with E-state index in [1.54, 1.807) is 0 Å². The van der Waals surface area contributed by atoms with Gasteiger partial charge < -0.3 is 10.2 Å². The van der Waals surface area contributed by atoms with Crippen LogP contribution in [0.15, 0.2) is 30.3 Å². The van der Waals surface area contributed by atoms with E-state index in [2.05, 4.69) is 66.6 Å². The molecule has 0 spiro atoms. The SMILES string of the molecule is CNC(C1CC1c1ccccc1)C1CN(C)CCN1C. The third kappa shape index (κ3) is 2.76. The molecule has 0 aromatic heterocycles. The van der Waals surface area contributed by atoms with Crippen LogP contribution in [0.5, 0.6) is 0 Å². The maximum absolute atomic E-state index is 3.62. The number of nitrogens with zero attached hydrogens (tertiary/aromatic N) is 2. The molecule has 0 amide bonds. The van der Waals surface area contributed by atoms with Gasteiger partial charge in [-0.2, -0.15) is 0 Å². The molecule has 1 saturated heterocycles. The van der Waals surface area contributed by atoms with Gasteiger partial charge in [0.1, 0.15) is 0 Å². The maximum Gasteiger partial charge on any atom is 0.0376 e. The molecule has 1 aliphatic carbocycles. The number of benzene rings is 1. The maximum atomic E-state index is 3.62. The fourth-order valence-corrected chi connectivity index (χ4v) is 3.82. The van der Waals surface area contributed by atoms with E-state index >= 15 is 0 Å². The Balaban J connectivity index is 1.69. The van der Waals surface area contributed by atoms with Crippen LogP contribution in [0.1, 0.15) is 17.9 Å². The Kier molecular flexibility index (Phi) is 4.11. The van der Waals surface area contributed by atoms with Gasteiger partial charge in [0.15, 0.2) is 0 Å². The van der Waals surface area contributed by atoms with Crippen LogP contribution in [0.25, 0.3) is 0 Å². The van der Waals surface area contributed by atoms with Gasteiger partial charge in [-0.3, -0.25) is 4.90 Å². The summed E-state index contributed by atoms with van der Waals surface area (Å²) >= 11 is 0. The van der Waals surface area contributed by atoms with Gasteiger partial charge in [-0.1, -0.05) is 30.3 Å². The summed E-state index contributed by atoms with van der Waals surface area (Å²) in [5, 5.41) is 3.62. The smallest absolute Gasteiger partial charge is 0.0376 e. The summed E-state index contributed by atoms with van der Waals surface area (Å²) in [6, 6.07) is 12.3. The third-order valence-electron chi connectivity index (χ3n) is 5.18. The van der Waals surface area contributed by atoms with E-state index in [1.165, 1.54) is 31.6 Å². The highest BCUT2D eigenvalue weighted by Gasteiger charge is 2.47. The van der Waals surface area contributed by atoms with E-state index in [9.17, 15) is 0 Å². The molecule has 4 unspecified atom stereocenters. The molecular weight excluding hydrogens is 246 g/mol. The van der Waals surface area contributed by atoms with Crippen molar-refractivity contribution in [3.8, 4) is 0 Å². The molecule has 110 valence electrons. The van der Waals surface area contributed by atoms with Crippen LogP contribution in [0.3, 0.4) is 0 Å². The lowest BCUT2D eigenvalue weighted by atomic mass is 9.96.